The fourth-order valence-electron chi connectivity index (χ4n) is 15.0. The largest absolute Gasteiger partial charge is 0.457 e. The summed E-state index contributed by atoms with van der Waals surface area (Å²) in [5, 5.41) is 23.7. The quantitative estimate of drug-likeness (QED) is 0.303. The molecule has 0 radical (unpaired) electrons. The first kappa shape index (κ1) is 40.3. The van der Waals surface area contributed by atoms with Crippen molar-refractivity contribution >= 4 is 12.1 Å². The van der Waals surface area contributed by atoms with E-state index < -0.39 is 35.5 Å². The molecule has 3 aliphatic heterocycles. The second kappa shape index (κ2) is 13.0. The number of ether oxygens (including phenoxy) is 5. The molecule has 11 nitrogen and oxygen atoms in total. The van der Waals surface area contributed by atoms with Crippen LogP contribution in [0.2, 0.25) is 0 Å². The van der Waals surface area contributed by atoms with E-state index in [0.717, 1.165) is 45.2 Å². The predicted octanol–water partition coefficient (Wildman–Crippen LogP) is 6.17. The van der Waals surface area contributed by atoms with Crippen molar-refractivity contribution in [3.63, 3.8) is 0 Å². The number of carbonyl (C=O) groups excluding carboxylic acids is 2. The highest BCUT2D eigenvalue weighted by molar-refractivity contribution is 5.69. The van der Waals surface area contributed by atoms with E-state index in [-0.39, 0.29) is 63.5 Å². The van der Waals surface area contributed by atoms with Crippen LogP contribution in [0.15, 0.2) is 0 Å². The summed E-state index contributed by atoms with van der Waals surface area (Å²) in [5.74, 6) is 0.981. The Bertz CT molecular complexity index is 1520. The smallest absolute Gasteiger partial charge is 0.410 e. The van der Waals surface area contributed by atoms with Crippen LogP contribution < -0.4 is 0 Å². The van der Waals surface area contributed by atoms with Crippen molar-refractivity contribution in [3.8, 4) is 0 Å². The summed E-state index contributed by atoms with van der Waals surface area (Å²) in [7, 11) is 0. The lowest BCUT2D eigenvalue weighted by atomic mass is 9.41. The summed E-state index contributed by atoms with van der Waals surface area (Å²) in [6.45, 7) is 26.1. The second-order valence-electron chi connectivity index (χ2n) is 22.2. The monoisotopic (exact) mass is 773 g/mol. The number of hydrogen-bond acceptors (Lipinski definition) is 10. The van der Waals surface area contributed by atoms with Crippen LogP contribution in [-0.4, -0.2) is 119 Å². The van der Waals surface area contributed by atoms with Gasteiger partial charge in [0.25, 0.3) is 0 Å². The van der Waals surface area contributed by atoms with E-state index in [2.05, 4.69) is 39.5 Å². The highest BCUT2D eigenvalue weighted by Crippen LogP contribution is 2.89. The van der Waals surface area contributed by atoms with E-state index in [1.807, 2.05) is 20.8 Å². The summed E-state index contributed by atoms with van der Waals surface area (Å²) in [6.07, 6.45) is 5.98. The van der Waals surface area contributed by atoms with Gasteiger partial charge in [0.05, 0.1) is 43.2 Å². The van der Waals surface area contributed by atoms with Gasteiger partial charge < -0.3 is 38.8 Å². The highest BCUT2D eigenvalue weighted by atomic mass is 16.7. The fourth-order valence-corrected chi connectivity index (χ4v) is 15.0. The minimum atomic E-state index is -1.27. The zero-order chi connectivity index (χ0) is 39.9. The average molecular weight is 773 g/mol. The van der Waals surface area contributed by atoms with Crippen LogP contribution in [0.1, 0.15) is 128 Å². The van der Waals surface area contributed by atoms with Crippen molar-refractivity contribution < 1.29 is 43.5 Å². The van der Waals surface area contributed by atoms with Gasteiger partial charge >= 0.3 is 12.1 Å². The molecule has 0 bridgehead atoms. The molecule has 3 saturated heterocycles. The molecular formula is C44H72N2O9. The van der Waals surface area contributed by atoms with Crippen LogP contribution in [0.5, 0.6) is 0 Å². The fraction of sp³-hybridized carbons (Fsp3) is 0.955. The Hall–Kier alpha value is -1.50. The maximum absolute atomic E-state index is 12.6. The van der Waals surface area contributed by atoms with Crippen LogP contribution in [0.4, 0.5) is 4.79 Å². The first-order chi connectivity index (χ1) is 25.5. The van der Waals surface area contributed by atoms with Crippen molar-refractivity contribution in [2.45, 2.75) is 182 Å². The van der Waals surface area contributed by atoms with Gasteiger partial charge in [0.1, 0.15) is 5.60 Å². The number of aliphatic hydroxyl groups is 2. The van der Waals surface area contributed by atoms with E-state index in [1.54, 1.807) is 18.7 Å². The zero-order valence-corrected chi connectivity index (χ0v) is 35.7. The van der Waals surface area contributed by atoms with Crippen LogP contribution in [0.25, 0.3) is 0 Å². The molecule has 11 heteroatoms. The number of nitrogens with zero attached hydrogens (tertiary/aromatic N) is 2. The summed E-state index contributed by atoms with van der Waals surface area (Å²) >= 11 is 0. The third-order valence-electron chi connectivity index (χ3n) is 17.5. The molecule has 1 amide bonds. The molecule has 8 aliphatic rings. The molecule has 0 aromatic carbocycles. The Morgan fingerprint density at radius 3 is 2.25 bits per heavy atom. The lowest BCUT2D eigenvalue weighted by Crippen LogP contribution is -2.64. The van der Waals surface area contributed by atoms with Gasteiger partial charge in [0.2, 0.25) is 0 Å². The normalized spacial score (nSPS) is 47.2. The molecule has 8 rings (SSSR count). The van der Waals surface area contributed by atoms with Gasteiger partial charge in [0, 0.05) is 38.0 Å². The Kier molecular flexibility index (Phi) is 9.52. The van der Waals surface area contributed by atoms with E-state index in [1.165, 1.54) is 19.8 Å². The van der Waals surface area contributed by atoms with Crippen molar-refractivity contribution in [1.29, 1.82) is 0 Å². The predicted molar refractivity (Wildman–Crippen MR) is 206 cm³/mol. The number of carbonyl (C=O) groups is 2. The van der Waals surface area contributed by atoms with Crippen LogP contribution in [0.3, 0.4) is 0 Å². The van der Waals surface area contributed by atoms with E-state index >= 15 is 0 Å². The number of morpholine rings is 1. The van der Waals surface area contributed by atoms with Gasteiger partial charge in [-0.2, -0.15) is 0 Å². The first-order valence-electron chi connectivity index (χ1n) is 21.7. The molecule has 0 aromatic rings. The van der Waals surface area contributed by atoms with E-state index in [0.29, 0.717) is 44.0 Å². The molecule has 2 N–H and O–H groups in total. The Labute approximate surface area is 329 Å². The Morgan fingerprint density at radius 2 is 1.60 bits per heavy atom. The molecule has 5 aliphatic carbocycles. The van der Waals surface area contributed by atoms with Gasteiger partial charge in [-0.3, -0.25) is 9.69 Å². The molecule has 3 heterocycles. The Balaban J connectivity index is 0.953. The van der Waals surface area contributed by atoms with E-state index in [9.17, 15) is 19.8 Å². The van der Waals surface area contributed by atoms with Crippen LogP contribution >= 0.6 is 0 Å². The number of aliphatic hydroxyl groups excluding tert-OH is 1. The maximum Gasteiger partial charge on any atom is 0.410 e. The highest BCUT2D eigenvalue weighted by Gasteiger charge is 2.84. The number of fused-ring (bicyclic) bond motifs is 4. The third kappa shape index (κ3) is 5.99. The molecule has 55 heavy (non-hydrogen) atoms. The molecule has 5 saturated carbocycles. The van der Waals surface area contributed by atoms with Crippen molar-refractivity contribution in [1.82, 2.24) is 9.80 Å². The summed E-state index contributed by atoms with van der Waals surface area (Å²) < 4.78 is 31.4. The molecule has 14 atom stereocenters. The number of likely N-dealkylation sites (tertiary alicyclic amines) is 1. The van der Waals surface area contributed by atoms with Crippen molar-refractivity contribution in [2.75, 3.05) is 32.8 Å². The molecule has 312 valence electrons. The van der Waals surface area contributed by atoms with Crippen LogP contribution in [0, 0.1) is 50.7 Å². The second-order valence-corrected chi connectivity index (χ2v) is 22.2. The third-order valence-corrected chi connectivity index (χ3v) is 17.5. The lowest BCUT2D eigenvalue weighted by molar-refractivity contribution is -0.253. The van der Waals surface area contributed by atoms with Gasteiger partial charge in [-0.05, 0) is 131 Å². The Morgan fingerprint density at radius 1 is 0.927 bits per heavy atom. The molecular weight excluding hydrogens is 700 g/mol. The zero-order valence-electron chi connectivity index (χ0n) is 35.7. The summed E-state index contributed by atoms with van der Waals surface area (Å²) in [5.41, 5.74) is -1.67. The van der Waals surface area contributed by atoms with Gasteiger partial charge in [-0.15, -0.1) is 0 Å². The topological polar surface area (TPSA) is 127 Å². The number of esters is 1. The standard InChI is InChI=1S/C44H72N2O9/c1-25-20-28(36(40(8,9)50)52-26(2)47)53-34-33(25)41(10)16-17-44-24-43(44)15-14-31(39(6,7)29(43)12-13-30(44)42(41,11)35(34)48)54-32-23-45(18-19-51-32)27-21-46(22-27)37(49)55-38(3,4)5/h25,27-36,48,50H,12-24H2,1-11H3/t25?,28-,29+,30+,31+,32?,33?,34+,35+,36+,41-,42-,43?,44+/m1/s1. The van der Waals surface area contributed by atoms with Crippen molar-refractivity contribution in [3.05, 3.63) is 0 Å². The number of rotatable bonds is 6. The minimum absolute atomic E-state index is 0.0139. The summed E-state index contributed by atoms with van der Waals surface area (Å²) in [4.78, 5) is 28.9. The van der Waals surface area contributed by atoms with Crippen LogP contribution in [-0.2, 0) is 28.5 Å². The van der Waals surface area contributed by atoms with Gasteiger partial charge in [-0.25, -0.2) is 4.79 Å². The average Bonchev–Trinajstić information content (AvgIpc) is 3.68. The first-order valence-corrected chi connectivity index (χ1v) is 21.7. The molecule has 2 spiro atoms. The summed E-state index contributed by atoms with van der Waals surface area (Å²) in [6, 6.07) is 0.302. The maximum atomic E-state index is 12.6. The molecule has 8 fully saturated rings. The number of amides is 1. The van der Waals surface area contributed by atoms with Crippen molar-refractivity contribution in [2.24, 2.45) is 50.7 Å². The minimum Gasteiger partial charge on any atom is -0.457 e. The molecule has 4 unspecified atom stereocenters. The van der Waals surface area contributed by atoms with Gasteiger partial charge in [-0.1, -0.05) is 34.6 Å². The SMILES string of the molecule is CC(=O)O[C@@H]([C@H]1CC(C)C2[C@H](O1)[C@H](O)[C@@]1(C)[C@@H]3CC[C@H]4C(C)(C)[C@@H](OC5CN(C6CN(C(=O)OC(C)(C)C)C6)CCO5)CCC45C[C@@]35CC[C@]21C)C(C)(C)O. The number of hydrogen-bond donors (Lipinski definition) is 2. The molecule has 0 aromatic heterocycles. The van der Waals surface area contributed by atoms with Gasteiger partial charge in [0.15, 0.2) is 12.4 Å². The lowest BCUT2D eigenvalue weighted by Gasteiger charge is -2.64. The van der Waals surface area contributed by atoms with E-state index in [4.69, 9.17) is 23.7 Å².